The lowest BCUT2D eigenvalue weighted by atomic mass is 10.2. The maximum absolute atomic E-state index is 10.8. The quantitative estimate of drug-likeness (QED) is 0.760. The molecule has 0 aliphatic rings. The highest BCUT2D eigenvalue weighted by Gasteiger charge is 2.09. The standard InChI is InChI=1S/C12H20N2O2S/c1-13(2)6-7-14(9-12(15)16)5-3-11-4-8-17-10-11/h4,8,10H,3,5-7,9H2,1-2H3,(H,15,16). The summed E-state index contributed by atoms with van der Waals surface area (Å²) in [6.45, 7) is 2.61. The van der Waals surface area contributed by atoms with Gasteiger partial charge in [0.25, 0.3) is 0 Å². The zero-order valence-corrected chi connectivity index (χ0v) is 11.2. The monoisotopic (exact) mass is 256 g/mol. The average Bonchev–Trinajstić information content (AvgIpc) is 2.74. The Balaban J connectivity index is 2.36. The molecule has 96 valence electrons. The van der Waals surface area contributed by atoms with Crippen LogP contribution in [0.2, 0.25) is 0 Å². The van der Waals surface area contributed by atoms with Gasteiger partial charge in [-0.3, -0.25) is 9.69 Å². The molecule has 0 bridgehead atoms. The molecule has 1 aromatic rings. The van der Waals surface area contributed by atoms with Gasteiger partial charge in [0.05, 0.1) is 6.54 Å². The molecule has 0 aromatic carbocycles. The number of likely N-dealkylation sites (N-methyl/N-ethyl adjacent to an activating group) is 1. The molecule has 1 heterocycles. The fraction of sp³-hybridized carbons (Fsp3) is 0.583. The van der Waals surface area contributed by atoms with Crippen molar-refractivity contribution >= 4 is 17.3 Å². The highest BCUT2D eigenvalue weighted by atomic mass is 32.1. The first-order chi connectivity index (χ1) is 8.08. The van der Waals surface area contributed by atoms with Gasteiger partial charge in [-0.25, -0.2) is 0 Å². The molecule has 0 aliphatic carbocycles. The molecule has 1 rings (SSSR count). The molecular weight excluding hydrogens is 236 g/mol. The summed E-state index contributed by atoms with van der Waals surface area (Å²) in [6, 6.07) is 2.09. The van der Waals surface area contributed by atoms with Gasteiger partial charge in [-0.2, -0.15) is 11.3 Å². The van der Waals surface area contributed by atoms with E-state index in [1.807, 2.05) is 19.0 Å². The Bertz CT molecular complexity index is 325. The summed E-state index contributed by atoms with van der Waals surface area (Å²) in [5.41, 5.74) is 1.29. The smallest absolute Gasteiger partial charge is 0.317 e. The van der Waals surface area contributed by atoms with Crippen molar-refractivity contribution in [3.05, 3.63) is 22.4 Å². The maximum Gasteiger partial charge on any atom is 0.317 e. The second-order valence-electron chi connectivity index (χ2n) is 4.35. The van der Waals surface area contributed by atoms with Crippen molar-refractivity contribution in [1.82, 2.24) is 9.80 Å². The number of hydrogen-bond acceptors (Lipinski definition) is 4. The maximum atomic E-state index is 10.8. The van der Waals surface area contributed by atoms with E-state index in [1.54, 1.807) is 11.3 Å². The van der Waals surface area contributed by atoms with Crippen molar-refractivity contribution in [1.29, 1.82) is 0 Å². The van der Waals surface area contributed by atoms with E-state index in [9.17, 15) is 4.79 Å². The molecule has 17 heavy (non-hydrogen) atoms. The summed E-state index contributed by atoms with van der Waals surface area (Å²) in [5.74, 6) is -0.755. The van der Waals surface area contributed by atoms with Crippen LogP contribution in [-0.4, -0.2) is 61.2 Å². The van der Waals surface area contributed by atoms with Crippen LogP contribution < -0.4 is 0 Å². The second kappa shape index (κ2) is 7.42. The molecule has 5 heteroatoms. The van der Waals surface area contributed by atoms with E-state index in [4.69, 9.17) is 5.11 Å². The number of nitrogens with zero attached hydrogens (tertiary/aromatic N) is 2. The van der Waals surface area contributed by atoms with Gasteiger partial charge in [-0.05, 0) is 42.9 Å². The van der Waals surface area contributed by atoms with Gasteiger partial charge in [0.15, 0.2) is 0 Å². The molecule has 0 unspecified atom stereocenters. The highest BCUT2D eigenvalue weighted by Crippen LogP contribution is 2.07. The molecule has 0 saturated heterocycles. The Morgan fingerprint density at radius 3 is 2.65 bits per heavy atom. The minimum absolute atomic E-state index is 0.123. The second-order valence-corrected chi connectivity index (χ2v) is 5.13. The van der Waals surface area contributed by atoms with E-state index < -0.39 is 5.97 Å². The number of thiophene rings is 1. The van der Waals surface area contributed by atoms with E-state index >= 15 is 0 Å². The predicted molar refractivity (Wildman–Crippen MR) is 70.7 cm³/mol. The van der Waals surface area contributed by atoms with Crippen LogP contribution in [-0.2, 0) is 11.2 Å². The van der Waals surface area contributed by atoms with Gasteiger partial charge in [-0.15, -0.1) is 0 Å². The molecule has 0 fully saturated rings. The van der Waals surface area contributed by atoms with Crippen LogP contribution in [0, 0.1) is 0 Å². The third-order valence-electron chi connectivity index (χ3n) is 2.52. The van der Waals surface area contributed by atoms with Gasteiger partial charge in [0.2, 0.25) is 0 Å². The van der Waals surface area contributed by atoms with Crippen LogP contribution in [0.25, 0.3) is 0 Å². The molecule has 0 saturated carbocycles. The van der Waals surface area contributed by atoms with E-state index in [2.05, 4.69) is 21.7 Å². The summed E-state index contributed by atoms with van der Waals surface area (Å²) in [4.78, 5) is 14.8. The summed E-state index contributed by atoms with van der Waals surface area (Å²) in [5, 5.41) is 13.0. The third kappa shape index (κ3) is 6.41. The lowest BCUT2D eigenvalue weighted by Gasteiger charge is -2.22. The normalized spacial score (nSPS) is 11.3. The number of carbonyl (C=O) groups is 1. The van der Waals surface area contributed by atoms with Crippen molar-refractivity contribution in [2.24, 2.45) is 0 Å². The van der Waals surface area contributed by atoms with Crippen molar-refractivity contribution < 1.29 is 9.90 Å². The SMILES string of the molecule is CN(C)CCN(CCc1ccsc1)CC(=O)O. The number of hydrogen-bond donors (Lipinski definition) is 1. The topological polar surface area (TPSA) is 43.8 Å². The zero-order chi connectivity index (χ0) is 12.7. The Kier molecular flexibility index (Phi) is 6.18. The van der Waals surface area contributed by atoms with Crippen molar-refractivity contribution in [3.8, 4) is 0 Å². The van der Waals surface area contributed by atoms with Crippen LogP contribution in [0.1, 0.15) is 5.56 Å². The number of rotatable bonds is 8. The molecule has 4 nitrogen and oxygen atoms in total. The first-order valence-electron chi connectivity index (χ1n) is 5.68. The van der Waals surface area contributed by atoms with Gasteiger partial charge >= 0.3 is 5.97 Å². The highest BCUT2D eigenvalue weighted by molar-refractivity contribution is 7.07. The fourth-order valence-corrected chi connectivity index (χ4v) is 2.23. The van der Waals surface area contributed by atoms with E-state index in [0.717, 1.165) is 26.1 Å². The van der Waals surface area contributed by atoms with E-state index in [1.165, 1.54) is 5.56 Å². The summed E-state index contributed by atoms with van der Waals surface area (Å²) in [7, 11) is 4.00. The Labute approximate surface area is 106 Å². The van der Waals surface area contributed by atoms with E-state index in [0.29, 0.717) is 0 Å². The molecular formula is C12H20N2O2S. The Hall–Kier alpha value is -0.910. The third-order valence-corrected chi connectivity index (χ3v) is 3.25. The van der Waals surface area contributed by atoms with Crippen molar-refractivity contribution in [2.45, 2.75) is 6.42 Å². The molecule has 1 aromatic heterocycles. The van der Waals surface area contributed by atoms with Gasteiger partial charge in [-0.1, -0.05) is 0 Å². The molecule has 0 spiro atoms. The van der Waals surface area contributed by atoms with E-state index in [-0.39, 0.29) is 6.54 Å². The van der Waals surface area contributed by atoms with Crippen LogP contribution in [0.5, 0.6) is 0 Å². The minimum atomic E-state index is -0.755. The fourth-order valence-electron chi connectivity index (χ4n) is 1.52. The van der Waals surface area contributed by atoms with Crippen LogP contribution in [0.15, 0.2) is 16.8 Å². The molecule has 0 amide bonds. The minimum Gasteiger partial charge on any atom is -0.480 e. The van der Waals surface area contributed by atoms with Crippen molar-refractivity contribution in [3.63, 3.8) is 0 Å². The first kappa shape index (κ1) is 14.2. The molecule has 0 radical (unpaired) electrons. The Morgan fingerprint density at radius 1 is 1.35 bits per heavy atom. The summed E-state index contributed by atoms with van der Waals surface area (Å²) >= 11 is 1.68. The van der Waals surface area contributed by atoms with Crippen LogP contribution in [0.3, 0.4) is 0 Å². The van der Waals surface area contributed by atoms with Gasteiger partial charge in [0.1, 0.15) is 0 Å². The summed E-state index contributed by atoms with van der Waals surface area (Å²) < 4.78 is 0. The lowest BCUT2D eigenvalue weighted by molar-refractivity contribution is -0.138. The number of carboxylic acid groups (broad SMARTS) is 1. The number of carboxylic acids is 1. The van der Waals surface area contributed by atoms with Gasteiger partial charge in [0, 0.05) is 19.6 Å². The largest absolute Gasteiger partial charge is 0.480 e. The molecule has 0 atom stereocenters. The van der Waals surface area contributed by atoms with Gasteiger partial charge < -0.3 is 10.0 Å². The predicted octanol–water partition coefficient (Wildman–Crippen LogP) is 1.24. The Morgan fingerprint density at radius 2 is 2.12 bits per heavy atom. The molecule has 0 aliphatic heterocycles. The number of aliphatic carboxylic acids is 1. The first-order valence-corrected chi connectivity index (χ1v) is 6.62. The molecule has 1 N–H and O–H groups in total. The van der Waals surface area contributed by atoms with Crippen molar-refractivity contribution in [2.75, 3.05) is 40.3 Å². The summed E-state index contributed by atoms with van der Waals surface area (Å²) in [6.07, 6.45) is 0.921. The lowest BCUT2D eigenvalue weighted by Crippen LogP contribution is -2.36. The average molecular weight is 256 g/mol. The zero-order valence-electron chi connectivity index (χ0n) is 10.4. The van der Waals surface area contributed by atoms with Crippen LogP contribution in [0.4, 0.5) is 0 Å². The van der Waals surface area contributed by atoms with Crippen LogP contribution >= 0.6 is 11.3 Å².